The Morgan fingerprint density at radius 3 is 1.60 bits per heavy atom. The normalized spacial score (nSPS) is 14.6. The van der Waals surface area contributed by atoms with Gasteiger partial charge in [-0.2, -0.15) is 0 Å². The van der Waals surface area contributed by atoms with Crippen molar-refractivity contribution < 1.29 is 28.4 Å². The SMILES string of the molecule is CC/C=C\C/C=C\C/C=C\CCCCCC(=O)NC(COP(=O)(O)OCCN)C(O)/C=C/CCCCCCCCCCCCCCCCCCCCC. The van der Waals surface area contributed by atoms with E-state index >= 15 is 0 Å². The summed E-state index contributed by atoms with van der Waals surface area (Å²) in [5, 5.41) is 13.6. The molecule has 8 nitrogen and oxygen atoms in total. The maximum atomic E-state index is 12.7. The minimum absolute atomic E-state index is 0.0721. The number of phosphoric ester groups is 1. The molecule has 0 aromatic heterocycles. The Morgan fingerprint density at radius 2 is 1.09 bits per heavy atom. The summed E-state index contributed by atoms with van der Waals surface area (Å²) in [6.07, 6.45) is 48.8. The number of phosphoric acid groups is 1. The molecule has 0 bridgehead atoms. The highest BCUT2D eigenvalue weighted by atomic mass is 31.2. The lowest BCUT2D eigenvalue weighted by Gasteiger charge is -2.23. The average Bonchev–Trinajstić information content (AvgIpc) is 3.14. The molecular formula is C44H83N2O6P. The number of aliphatic hydroxyl groups is 1. The molecule has 53 heavy (non-hydrogen) atoms. The number of unbranched alkanes of at least 4 members (excludes halogenated alkanes) is 22. The van der Waals surface area contributed by atoms with Gasteiger partial charge in [-0.05, 0) is 51.4 Å². The van der Waals surface area contributed by atoms with E-state index in [9.17, 15) is 19.4 Å². The van der Waals surface area contributed by atoms with Crippen molar-refractivity contribution in [1.29, 1.82) is 0 Å². The van der Waals surface area contributed by atoms with E-state index in [1.54, 1.807) is 6.08 Å². The predicted octanol–water partition coefficient (Wildman–Crippen LogP) is 12.1. The number of carbonyl (C=O) groups excluding carboxylic acids is 1. The molecule has 5 N–H and O–H groups in total. The molecule has 0 rings (SSSR count). The van der Waals surface area contributed by atoms with Crippen molar-refractivity contribution >= 4 is 13.7 Å². The summed E-state index contributed by atoms with van der Waals surface area (Å²) in [5.41, 5.74) is 5.37. The molecule has 9 heteroatoms. The van der Waals surface area contributed by atoms with Crippen molar-refractivity contribution in [1.82, 2.24) is 5.32 Å². The molecule has 3 atom stereocenters. The fourth-order valence-corrected chi connectivity index (χ4v) is 6.91. The zero-order chi connectivity index (χ0) is 38.9. The Morgan fingerprint density at radius 1 is 0.642 bits per heavy atom. The highest BCUT2D eigenvalue weighted by Crippen LogP contribution is 2.43. The summed E-state index contributed by atoms with van der Waals surface area (Å²) >= 11 is 0. The van der Waals surface area contributed by atoms with Crippen LogP contribution in [0.25, 0.3) is 0 Å². The molecule has 0 saturated carbocycles. The van der Waals surface area contributed by atoms with Gasteiger partial charge in [0.05, 0.1) is 25.4 Å². The summed E-state index contributed by atoms with van der Waals surface area (Å²) in [6, 6.07) is -0.876. The molecule has 1 amide bonds. The van der Waals surface area contributed by atoms with E-state index in [-0.39, 0.29) is 25.7 Å². The van der Waals surface area contributed by atoms with Crippen molar-refractivity contribution in [2.24, 2.45) is 5.73 Å². The van der Waals surface area contributed by atoms with Crippen LogP contribution in [0.4, 0.5) is 0 Å². The van der Waals surface area contributed by atoms with E-state index in [4.69, 9.17) is 14.8 Å². The number of nitrogens with two attached hydrogens (primary N) is 1. The highest BCUT2D eigenvalue weighted by Gasteiger charge is 2.26. The van der Waals surface area contributed by atoms with Crippen LogP contribution in [-0.2, 0) is 18.4 Å². The number of hydrogen-bond donors (Lipinski definition) is 4. The zero-order valence-corrected chi connectivity index (χ0v) is 35.1. The Kier molecular flexibility index (Phi) is 39.0. The number of rotatable bonds is 40. The van der Waals surface area contributed by atoms with E-state index < -0.39 is 20.0 Å². The van der Waals surface area contributed by atoms with Crippen LogP contribution < -0.4 is 11.1 Å². The number of carbonyl (C=O) groups is 1. The lowest BCUT2D eigenvalue weighted by atomic mass is 10.0. The number of hydrogen-bond acceptors (Lipinski definition) is 6. The summed E-state index contributed by atoms with van der Waals surface area (Å²) in [7, 11) is -4.35. The second-order valence-electron chi connectivity index (χ2n) is 14.5. The van der Waals surface area contributed by atoms with Gasteiger partial charge in [-0.15, -0.1) is 0 Å². The summed E-state index contributed by atoms with van der Waals surface area (Å²) in [4.78, 5) is 22.6. The topological polar surface area (TPSA) is 131 Å². The quantitative estimate of drug-likeness (QED) is 0.0277. The van der Waals surface area contributed by atoms with E-state index in [0.29, 0.717) is 6.42 Å². The molecular weight excluding hydrogens is 683 g/mol. The largest absolute Gasteiger partial charge is 0.472 e. The van der Waals surface area contributed by atoms with E-state index in [1.165, 1.54) is 109 Å². The Hall–Kier alpha value is -1.54. The number of allylic oxidation sites excluding steroid dienone is 7. The van der Waals surface area contributed by atoms with Crippen LogP contribution >= 0.6 is 7.82 Å². The fraction of sp³-hybridized carbons (Fsp3) is 0.795. The monoisotopic (exact) mass is 767 g/mol. The van der Waals surface area contributed by atoms with Gasteiger partial charge in [-0.3, -0.25) is 13.8 Å². The molecule has 0 radical (unpaired) electrons. The van der Waals surface area contributed by atoms with Crippen LogP contribution in [0.3, 0.4) is 0 Å². The lowest BCUT2D eigenvalue weighted by Crippen LogP contribution is -2.45. The van der Waals surface area contributed by atoms with Crippen LogP contribution in [0.15, 0.2) is 48.6 Å². The maximum Gasteiger partial charge on any atom is 0.472 e. The summed E-state index contributed by atoms with van der Waals surface area (Å²) in [5.74, 6) is -0.224. The van der Waals surface area contributed by atoms with Crippen LogP contribution in [0.5, 0.6) is 0 Å². The van der Waals surface area contributed by atoms with Crippen molar-refractivity contribution in [3.8, 4) is 0 Å². The average molecular weight is 767 g/mol. The van der Waals surface area contributed by atoms with Crippen LogP contribution in [0, 0.1) is 0 Å². The Labute approximate surface area is 326 Å². The standard InChI is InChI=1S/C44H83N2O6P/c1-3-5-7-9-11-13-15-17-18-19-20-21-22-23-24-26-27-29-31-33-35-37-43(47)42(41-52-53(49,50)51-40-39-45)46-44(48)38-36-34-32-30-28-25-16-14-12-10-8-6-4-2/h6,8,12,14,25,28,35,37,42-43,47H,3-5,7,9-11,13,15-24,26-27,29-34,36,38-41,45H2,1-2H3,(H,46,48)(H,49,50)/b8-6-,14-12-,28-25-,37-35+. The molecule has 0 spiro atoms. The second kappa shape index (κ2) is 40.1. The number of nitrogens with one attached hydrogen (secondary N) is 1. The van der Waals surface area contributed by atoms with Gasteiger partial charge in [-0.1, -0.05) is 184 Å². The molecule has 0 aliphatic heterocycles. The molecule has 0 aromatic rings. The third kappa shape index (κ3) is 38.5. The molecule has 0 aliphatic rings. The molecule has 310 valence electrons. The number of amides is 1. The Bertz CT molecular complexity index is 970. The van der Waals surface area contributed by atoms with E-state index in [1.807, 2.05) is 6.08 Å². The van der Waals surface area contributed by atoms with Gasteiger partial charge in [-0.25, -0.2) is 4.57 Å². The first-order chi connectivity index (χ1) is 25.9. The zero-order valence-electron chi connectivity index (χ0n) is 34.2. The van der Waals surface area contributed by atoms with Crippen LogP contribution in [-0.4, -0.2) is 47.8 Å². The first kappa shape index (κ1) is 51.5. The van der Waals surface area contributed by atoms with Crippen molar-refractivity contribution in [2.45, 2.75) is 206 Å². The summed E-state index contributed by atoms with van der Waals surface area (Å²) in [6.45, 7) is 4.00. The molecule has 0 saturated heterocycles. The minimum Gasteiger partial charge on any atom is -0.387 e. The molecule has 0 fully saturated rings. The van der Waals surface area contributed by atoms with Gasteiger partial charge in [0.2, 0.25) is 5.91 Å². The van der Waals surface area contributed by atoms with Gasteiger partial charge in [0, 0.05) is 13.0 Å². The van der Waals surface area contributed by atoms with Gasteiger partial charge in [0.15, 0.2) is 0 Å². The smallest absolute Gasteiger partial charge is 0.387 e. The van der Waals surface area contributed by atoms with Crippen LogP contribution in [0.1, 0.15) is 194 Å². The van der Waals surface area contributed by atoms with Crippen molar-refractivity contribution in [2.75, 3.05) is 19.8 Å². The highest BCUT2D eigenvalue weighted by molar-refractivity contribution is 7.47. The number of aliphatic hydroxyl groups excluding tert-OH is 1. The Balaban J connectivity index is 4.21. The van der Waals surface area contributed by atoms with Gasteiger partial charge < -0.3 is 21.1 Å². The predicted molar refractivity (Wildman–Crippen MR) is 226 cm³/mol. The lowest BCUT2D eigenvalue weighted by molar-refractivity contribution is -0.123. The maximum absolute atomic E-state index is 12.7. The second-order valence-corrected chi connectivity index (χ2v) is 16.0. The molecule has 0 heterocycles. The van der Waals surface area contributed by atoms with Crippen molar-refractivity contribution in [3.63, 3.8) is 0 Å². The van der Waals surface area contributed by atoms with E-state index in [0.717, 1.165) is 64.2 Å². The molecule has 3 unspecified atom stereocenters. The third-order valence-corrected chi connectivity index (χ3v) is 10.4. The molecule has 0 aromatic carbocycles. The van der Waals surface area contributed by atoms with Crippen LogP contribution in [0.2, 0.25) is 0 Å². The molecule has 0 aliphatic carbocycles. The van der Waals surface area contributed by atoms with Crippen molar-refractivity contribution in [3.05, 3.63) is 48.6 Å². The van der Waals surface area contributed by atoms with Gasteiger partial charge in [0.1, 0.15) is 0 Å². The minimum atomic E-state index is -4.35. The first-order valence-electron chi connectivity index (χ1n) is 21.8. The van der Waals surface area contributed by atoms with E-state index in [2.05, 4.69) is 55.6 Å². The third-order valence-electron chi connectivity index (χ3n) is 9.41. The van der Waals surface area contributed by atoms with Gasteiger partial charge >= 0.3 is 7.82 Å². The summed E-state index contributed by atoms with van der Waals surface area (Å²) < 4.78 is 22.1. The fourth-order valence-electron chi connectivity index (χ4n) is 6.15. The first-order valence-corrected chi connectivity index (χ1v) is 23.3. The van der Waals surface area contributed by atoms with Gasteiger partial charge in [0.25, 0.3) is 0 Å².